The molecule has 2 heterocycles. The Labute approximate surface area is 296 Å². The number of ketones is 2. The Bertz CT molecular complexity index is 1920. The Morgan fingerprint density at radius 3 is 2.00 bits per heavy atom. The van der Waals surface area contributed by atoms with Gasteiger partial charge in [0, 0.05) is 31.4 Å². The lowest BCUT2D eigenvalue weighted by Crippen LogP contribution is -2.63. The van der Waals surface area contributed by atoms with E-state index in [1.807, 2.05) is 91.9 Å². The highest BCUT2D eigenvalue weighted by molar-refractivity contribution is 6.12. The summed E-state index contributed by atoms with van der Waals surface area (Å²) < 4.78 is 7.29. The predicted octanol–water partition coefficient (Wildman–Crippen LogP) is 5.15. The zero-order valence-corrected chi connectivity index (χ0v) is 28.5. The molecule has 5 aromatic rings. The third-order valence-corrected chi connectivity index (χ3v) is 8.94. The standard InChI is InChI=1S/C40H40N6O5/c1-2-12-37(49)46-38(43-44-45-46)33-18-10-9-17-32(33)31-22-20-30(21-23-31)27-42-40(51-39(50)34-19-11-24-41-34,35(47)25-28-13-5-3-6-14-28)36(48)26-29-15-7-4-8-16-29/h3-10,13-18,20-23,34,41-42H,2,11-12,19,24-27H2,1H3. The van der Waals surface area contributed by atoms with Gasteiger partial charge in [0.1, 0.15) is 6.04 Å². The van der Waals surface area contributed by atoms with Crippen LogP contribution in [0.15, 0.2) is 109 Å². The van der Waals surface area contributed by atoms with E-state index < -0.39 is 29.3 Å². The lowest BCUT2D eigenvalue weighted by Gasteiger charge is -2.33. The minimum atomic E-state index is -2.24. The maximum Gasteiger partial charge on any atom is 0.325 e. The van der Waals surface area contributed by atoms with Crippen LogP contribution in [0.25, 0.3) is 22.5 Å². The van der Waals surface area contributed by atoms with Crippen LogP contribution in [0.3, 0.4) is 0 Å². The van der Waals surface area contributed by atoms with E-state index in [4.69, 9.17) is 4.74 Å². The fourth-order valence-electron chi connectivity index (χ4n) is 6.22. The summed E-state index contributed by atoms with van der Waals surface area (Å²) in [4.78, 5) is 54.9. The number of carbonyl (C=O) groups is 4. The zero-order valence-electron chi connectivity index (χ0n) is 28.5. The van der Waals surface area contributed by atoms with Crippen LogP contribution in [-0.2, 0) is 38.5 Å². The minimum Gasteiger partial charge on any atom is -0.427 e. The number of aromatic nitrogens is 4. The average molecular weight is 685 g/mol. The lowest BCUT2D eigenvalue weighted by atomic mass is 9.92. The Hall–Kier alpha value is -5.65. The van der Waals surface area contributed by atoms with Crippen LogP contribution < -0.4 is 10.6 Å². The molecule has 4 aromatic carbocycles. The van der Waals surface area contributed by atoms with Gasteiger partial charge in [0.25, 0.3) is 5.72 Å². The highest BCUT2D eigenvalue weighted by Gasteiger charge is 2.49. The number of Topliss-reactive ketones (excluding diaryl/α,β-unsaturated/α-hetero) is 2. The number of rotatable bonds is 15. The van der Waals surface area contributed by atoms with Crippen LogP contribution in [0, 0.1) is 0 Å². The second-order valence-corrected chi connectivity index (χ2v) is 12.6. The largest absolute Gasteiger partial charge is 0.427 e. The van der Waals surface area contributed by atoms with Crippen molar-refractivity contribution < 1.29 is 23.9 Å². The summed E-state index contributed by atoms with van der Waals surface area (Å²) in [5, 5.41) is 18.1. The Morgan fingerprint density at radius 2 is 1.41 bits per heavy atom. The average Bonchev–Trinajstić information content (AvgIpc) is 3.88. The van der Waals surface area contributed by atoms with Gasteiger partial charge in [-0.15, -0.1) is 5.10 Å². The molecule has 51 heavy (non-hydrogen) atoms. The van der Waals surface area contributed by atoms with Crippen molar-refractivity contribution >= 4 is 23.4 Å². The molecule has 1 atom stereocenters. The maximum atomic E-state index is 14.3. The fourth-order valence-corrected chi connectivity index (χ4v) is 6.22. The molecule has 1 unspecified atom stereocenters. The number of nitrogens with one attached hydrogen (secondary N) is 2. The molecule has 1 aliphatic rings. The Morgan fingerprint density at radius 1 is 0.804 bits per heavy atom. The number of benzene rings is 4. The van der Waals surface area contributed by atoms with Crippen molar-refractivity contribution in [3.63, 3.8) is 0 Å². The molecule has 1 aromatic heterocycles. The highest BCUT2D eigenvalue weighted by Crippen LogP contribution is 2.31. The van der Waals surface area contributed by atoms with Gasteiger partial charge in [0.2, 0.25) is 17.5 Å². The van der Waals surface area contributed by atoms with Gasteiger partial charge in [-0.25, -0.2) is 0 Å². The van der Waals surface area contributed by atoms with Crippen molar-refractivity contribution in [3.05, 3.63) is 126 Å². The Balaban J connectivity index is 1.31. The van der Waals surface area contributed by atoms with E-state index in [0.29, 0.717) is 48.3 Å². The molecule has 1 saturated heterocycles. The second-order valence-electron chi connectivity index (χ2n) is 12.6. The monoisotopic (exact) mass is 684 g/mol. The predicted molar refractivity (Wildman–Crippen MR) is 191 cm³/mol. The fraction of sp³-hybridized carbons (Fsp3) is 0.275. The van der Waals surface area contributed by atoms with Crippen LogP contribution in [0.4, 0.5) is 0 Å². The number of hydrogen-bond acceptors (Lipinski definition) is 10. The number of carbonyl (C=O) groups excluding carboxylic acids is 4. The zero-order chi connectivity index (χ0) is 35.6. The quantitative estimate of drug-likeness (QED) is 0.0657. The van der Waals surface area contributed by atoms with Gasteiger partial charge in [0.05, 0.1) is 0 Å². The minimum absolute atomic E-state index is 0.0537. The topological polar surface area (TPSA) is 145 Å². The first-order chi connectivity index (χ1) is 24.9. The number of ether oxygens (including phenoxy) is 1. The molecule has 260 valence electrons. The van der Waals surface area contributed by atoms with Gasteiger partial charge in [-0.1, -0.05) is 116 Å². The number of esters is 1. The van der Waals surface area contributed by atoms with E-state index in [1.165, 1.54) is 4.68 Å². The summed E-state index contributed by atoms with van der Waals surface area (Å²) in [7, 11) is 0. The molecular formula is C40H40N6O5. The van der Waals surface area contributed by atoms with Crippen molar-refractivity contribution in [2.45, 2.75) is 63.8 Å². The Kier molecular flexibility index (Phi) is 11.3. The number of tetrazole rings is 1. The smallest absolute Gasteiger partial charge is 0.325 e. The molecule has 0 amide bonds. The summed E-state index contributed by atoms with van der Waals surface area (Å²) in [6, 6.07) is 32.7. The lowest BCUT2D eigenvalue weighted by molar-refractivity contribution is -0.178. The highest BCUT2D eigenvalue weighted by atomic mass is 16.6. The molecule has 0 bridgehead atoms. The van der Waals surface area contributed by atoms with E-state index >= 15 is 0 Å². The molecule has 1 aliphatic heterocycles. The van der Waals surface area contributed by atoms with Crippen molar-refractivity contribution in [2.24, 2.45) is 0 Å². The normalized spacial score (nSPS) is 14.3. The molecule has 11 nitrogen and oxygen atoms in total. The van der Waals surface area contributed by atoms with E-state index in [1.54, 1.807) is 24.3 Å². The van der Waals surface area contributed by atoms with E-state index in [9.17, 15) is 19.2 Å². The van der Waals surface area contributed by atoms with Gasteiger partial charge < -0.3 is 10.1 Å². The van der Waals surface area contributed by atoms with Crippen molar-refractivity contribution in [1.82, 2.24) is 30.8 Å². The first kappa shape index (κ1) is 35.2. The van der Waals surface area contributed by atoms with Gasteiger partial charge in [-0.3, -0.25) is 24.5 Å². The van der Waals surface area contributed by atoms with E-state index in [-0.39, 0.29) is 25.3 Å². The van der Waals surface area contributed by atoms with Gasteiger partial charge in [-0.05, 0) is 64.1 Å². The molecule has 11 heteroatoms. The third-order valence-electron chi connectivity index (χ3n) is 8.94. The summed E-state index contributed by atoms with van der Waals surface area (Å²) in [6.45, 7) is 2.62. The van der Waals surface area contributed by atoms with Crippen LogP contribution in [0.1, 0.15) is 54.1 Å². The van der Waals surface area contributed by atoms with Gasteiger partial charge in [0.15, 0.2) is 5.82 Å². The van der Waals surface area contributed by atoms with Gasteiger partial charge in [-0.2, -0.15) is 4.68 Å². The number of nitrogens with zero attached hydrogens (tertiary/aromatic N) is 4. The molecule has 0 spiro atoms. The maximum absolute atomic E-state index is 14.3. The number of hydrogen-bond donors (Lipinski definition) is 2. The SMILES string of the molecule is CCCC(=O)n1nnnc1-c1ccccc1-c1ccc(CNC(OC(=O)C2CCCN2)(C(=O)Cc2ccccc2)C(=O)Cc2ccccc2)cc1. The molecular weight excluding hydrogens is 644 g/mol. The molecule has 0 radical (unpaired) electrons. The third kappa shape index (κ3) is 8.22. The van der Waals surface area contributed by atoms with Crippen molar-refractivity contribution in [3.8, 4) is 22.5 Å². The van der Waals surface area contributed by atoms with Crippen LogP contribution in [0.5, 0.6) is 0 Å². The molecule has 1 fully saturated rings. The molecule has 2 N–H and O–H groups in total. The molecule has 0 aliphatic carbocycles. The summed E-state index contributed by atoms with van der Waals surface area (Å²) in [6.07, 6.45) is 2.10. The van der Waals surface area contributed by atoms with Crippen molar-refractivity contribution in [1.29, 1.82) is 0 Å². The second kappa shape index (κ2) is 16.4. The van der Waals surface area contributed by atoms with Crippen molar-refractivity contribution in [2.75, 3.05) is 6.54 Å². The first-order valence-electron chi connectivity index (χ1n) is 17.2. The van der Waals surface area contributed by atoms with Crippen LogP contribution in [-0.4, -0.2) is 62.0 Å². The molecule has 6 rings (SSSR count). The van der Waals surface area contributed by atoms with E-state index in [0.717, 1.165) is 23.1 Å². The summed E-state index contributed by atoms with van der Waals surface area (Å²) >= 11 is 0. The summed E-state index contributed by atoms with van der Waals surface area (Å²) in [5.41, 5.74) is 2.27. The van der Waals surface area contributed by atoms with E-state index in [2.05, 4.69) is 26.2 Å². The summed E-state index contributed by atoms with van der Waals surface area (Å²) in [5.74, 6) is -1.59. The van der Waals surface area contributed by atoms with Crippen LogP contribution in [0.2, 0.25) is 0 Å². The van der Waals surface area contributed by atoms with Crippen LogP contribution >= 0.6 is 0 Å². The molecule has 0 saturated carbocycles. The first-order valence-corrected chi connectivity index (χ1v) is 17.2. The van der Waals surface area contributed by atoms with Gasteiger partial charge >= 0.3 is 5.97 Å².